The van der Waals surface area contributed by atoms with Crippen LogP contribution in [0.5, 0.6) is 0 Å². The fraction of sp³-hybridized carbons (Fsp3) is 0.250. The molecule has 140 valence electrons. The molecule has 4 nitrogen and oxygen atoms in total. The zero-order chi connectivity index (χ0) is 19.3. The van der Waals surface area contributed by atoms with Gasteiger partial charge in [-0.3, -0.25) is 10.3 Å². The van der Waals surface area contributed by atoms with Crippen LogP contribution in [-0.2, 0) is 19.3 Å². The summed E-state index contributed by atoms with van der Waals surface area (Å²) >= 11 is 0. The fourth-order valence-corrected chi connectivity index (χ4v) is 3.98. The lowest BCUT2D eigenvalue weighted by Crippen LogP contribution is -2.36. The SMILES string of the molecule is C=CCc1c(C#N)cccc1C[C@H]1CNC(Cc2cc3ccccc3cn2)N1. The van der Waals surface area contributed by atoms with Crippen LogP contribution in [0.25, 0.3) is 10.8 Å². The van der Waals surface area contributed by atoms with E-state index < -0.39 is 0 Å². The van der Waals surface area contributed by atoms with E-state index in [9.17, 15) is 5.26 Å². The number of pyridine rings is 1. The fourth-order valence-electron chi connectivity index (χ4n) is 3.98. The molecule has 1 aliphatic rings. The van der Waals surface area contributed by atoms with Crippen LogP contribution < -0.4 is 10.6 Å². The number of nitrogens with one attached hydrogen (secondary N) is 2. The predicted octanol–water partition coefficient (Wildman–Crippen LogP) is 3.51. The molecule has 0 spiro atoms. The average molecular weight is 368 g/mol. The van der Waals surface area contributed by atoms with Gasteiger partial charge in [0, 0.05) is 36.3 Å². The lowest BCUT2D eigenvalue weighted by atomic mass is 9.94. The van der Waals surface area contributed by atoms with Gasteiger partial charge in [-0.25, -0.2) is 0 Å². The van der Waals surface area contributed by atoms with Crippen LogP contribution >= 0.6 is 0 Å². The number of hydrogen-bond acceptors (Lipinski definition) is 4. The molecule has 1 unspecified atom stereocenters. The van der Waals surface area contributed by atoms with E-state index in [0.717, 1.165) is 42.6 Å². The Hall–Kier alpha value is -3.00. The summed E-state index contributed by atoms with van der Waals surface area (Å²) in [6, 6.07) is 19.1. The smallest absolute Gasteiger partial charge is 0.0994 e. The lowest BCUT2D eigenvalue weighted by molar-refractivity contribution is 0.511. The van der Waals surface area contributed by atoms with Crippen LogP contribution in [0, 0.1) is 11.3 Å². The Kier molecular flexibility index (Phi) is 5.48. The molecule has 2 N–H and O–H groups in total. The molecule has 0 radical (unpaired) electrons. The molecule has 1 aromatic heterocycles. The highest BCUT2D eigenvalue weighted by molar-refractivity contribution is 5.81. The molecule has 4 rings (SSSR count). The van der Waals surface area contributed by atoms with Crippen LogP contribution in [0.2, 0.25) is 0 Å². The maximum Gasteiger partial charge on any atom is 0.0994 e. The van der Waals surface area contributed by atoms with Gasteiger partial charge in [0.1, 0.15) is 0 Å². The Morgan fingerprint density at radius 3 is 2.82 bits per heavy atom. The highest BCUT2D eigenvalue weighted by atomic mass is 15.2. The molecule has 0 saturated carbocycles. The molecule has 2 heterocycles. The van der Waals surface area contributed by atoms with Crippen LogP contribution in [0.4, 0.5) is 0 Å². The van der Waals surface area contributed by atoms with Crippen LogP contribution in [-0.4, -0.2) is 23.7 Å². The van der Waals surface area contributed by atoms with Gasteiger partial charge in [-0.1, -0.05) is 42.5 Å². The molecule has 2 aromatic carbocycles. The van der Waals surface area contributed by atoms with Gasteiger partial charge in [0.05, 0.1) is 17.8 Å². The summed E-state index contributed by atoms with van der Waals surface area (Å²) < 4.78 is 0. The Labute approximate surface area is 165 Å². The number of benzene rings is 2. The van der Waals surface area contributed by atoms with Crippen molar-refractivity contribution in [2.24, 2.45) is 0 Å². The summed E-state index contributed by atoms with van der Waals surface area (Å²) in [6.45, 7) is 4.75. The van der Waals surface area contributed by atoms with Crippen molar-refractivity contribution < 1.29 is 0 Å². The average Bonchev–Trinajstić information content (AvgIpc) is 3.16. The van der Waals surface area contributed by atoms with Crippen molar-refractivity contribution in [2.45, 2.75) is 31.5 Å². The van der Waals surface area contributed by atoms with Crippen molar-refractivity contribution in [1.29, 1.82) is 5.26 Å². The van der Waals surface area contributed by atoms with Crippen molar-refractivity contribution in [3.05, 3.63) is 89.8 Å². The first-order valence-electron chi connectivity index (χ1n) is 9.71. The van der Waals surface area contributed by atoms with Gasteiger partial charge in [-0.05, 0) is 41.5 Å². The van der Waals surface area contributed by atoms with Gasteiger partial charge in [-0.2, -0.15) is 5.26 Å². The standard InChI is InChI=1S/C24H24N4/c1-2-6-23-18(9-5-10-19(23)14-25)12-22-16-27-24(28-22)13-21-11-17-7-3-4-8-20(17)15-26-21/h2-5,7-11,15,22,24,27-28H,1,6,12-13,16H2/t22-,24?/m0/s1. The maximum absolute atomic E-state index is 9.39. The monoisotopic (exact) mass is 368 g/mol. The van der Waals surface area contributed by atoms with Gasteiger partial charge < -0.3 is 5.32 Å². The zero-order valence-electron chi connectivity index (χ0n) is 15.9. The highest BCUT2D eigenvalue weighted by Gasteiger charge is 2.24. The van der Waals surface area contributed by atoms with E-state index in [1.165, 1.54) is 16.3 Å². The third-order valence-electron chi connectivity index (χ3n) is 5.36. The van der Waals surface area contributed by atoms with Gasteiger partial charge in [0.25, 0.3) is 0 Å². The van der Waals surface area contributed by atoms with Crippen LogP contribution in [0.15, 0.2) is 67.4 Å². The summed E-state index contributed by atoms with van der Waals surface area (Å²) in [6.07, 6.45) is 6.50. The lowest BCUT2D eigenvalue weighted by Gasteiger charge is -2.16. The normalized spacial score (nSPS) is 18.8. The van der Waals surface area contributed by atoms with E-state index in [-0.39, 0.29) is 6.17 Å². The molecule has 1 fully saturated rings. The second-order valence-corrected chi connectivity index (χ2v) is 7.30. The number of nitriles is 1. The van der Waals surface area contributed by atoms with Crippen molar-refractivity contribution in [1.82, 2.24) is 15.6 Å². The molecule has 2 atom stereocenters. The molecule has 3 aromatic rings. The van der Waals surface area contributed by atoms with Gasteiger partial charge in [0.2, 0.25) is 0 Å². The van der Waals surface area contributed by atoms with Gasteiger partial charge in [-0.15, -0.1) is 6.58 Å². The first-order chi connectivity index (χ1) is 13.8. The topological polar surface area (TPSA) is 60.7 Å². The summed E-state index contributed by atoms with van der Waals surface area (Å²) in [7, 11) is 0. The minimum absolute atomic E-state index is 0.209. The number of fused-ring (bicyclic) bond motifs is 1. The molecular formula is C24H24N4. The predicted molar refractivity (Wildman–Crippen MR) is 113 cm³/mol. The number of nitrogens with zero attached hydrogens (tertiary/aromatic N) is 2. The van der Waals surface area contributed by atoms with Crippen molar-refractivity contribution in [2.75, 3.05) is 6.54 Å². The van der Waals surface area contributed by atoms with E-state index in [0.29, 0.717) is 6.04 Å². The number of hydrogen-bond donors (Lipinski definition) is 2. The Morgan fingerprint density at radius 1 is 1.14 bits per heavy atom. The molecule has 1 aliphatic heterocycles. The minimum Gasteiger partial charge on any atom is -0.300 e. The van der Waals surface area contributed by atoms with E-state index in [1.807, 2.05) is 30.5 Å². The molecule has 0 aliphatic carbocycles. The van der Waals surface area contributed by atoms with E-state index in [4.69, 9.17) is 0 Å². The van der Waals surface area contributed by atoms with E-state index in [2.05, 4.69) is 58.6 Å². The molecule has 1 saturated heterocycles. The van der Waals surface area contributed by atoms with Crippen molar-refractivity contribution in [3.63, 3.8) is 0 Å². The Morgan fingerprint density at radius 2 is 2.00 bits per heavy atom. The molecule has 4 heteroatoms. The molecule has 0 amide bonds. The van der Waals surface area contributed by atoms with Crippen molar-refractivity contribution >= 4 is 10.8 Å². The van der Waals surface area contributed by atoms with E-state index in [1.54, 1.807) is 0 Å². The Balaban J connectivity index is 1.43. The third-order valence-corrected chi connectivity index (χ3v) is 5.36. The molecule has 28 heavy (non-hydrogen) atoms. The number of rotatable bonds is 6. The largest absolute Gasteiger partial charge is 0.300 e. The second-order valence-electron chi connectivity index (χ2n) is 7.30. The minimum atomic E-state index is 0.209. The quantitative estimate of drug-likeness (QED) is 0.654. The first-order valence-corrected chi connectivity index (χ1v) is 9.71. The number of allylic oxidation sites excluding steroid dienone is 1. The summed E-state index contributed by atoms with van der Waals surface area (Å²) in [4.78, 5) is 4.61. The summed E-state index contributed by atoms with van der Waals surface area (Å²) in [5, 5.41) is 19.0. The van der Waals surface area contributed by atoms with Crippen LogP contribution in [0.3, 0.4) is 0 Å². The first kappa shape index (κ1) is 18.4. The van der Waals surface area contributed by atoms with Gasteiger partial charge in [0.15, 0.2) is 0 Å². The number of aromatic nitrogens is 1. The Bertz CT molecular complexity index is 1030. The summed E-state index contributed by atoms with van der Waals surface area (Å²) in [5.74, 6) is 0. The van der Waals surface area contributed by atoms with Crippen molar-refractivity contribution in [3.8, 4) is 6.07 Å². The summed E-state index contributed by atoms with van der Waals surface area (Å²) in [5.41, 5.74) is 4.16. The maximum atomic E-state index is 9.39. The second kappa shape index (κ2) is 8.35. The van der Waals surface area contributed by atoms with E-state index >= 15 is 0 Å². The molecular weight excluding hydrogens is 344 g/mol. The zero-order valence-corrected chi connectivity index (χ0v) is 15.9. The molecule has 0 bridgehead atoms. The third kappa shape index (κ3) is 3.96. The van der Waals surface area contributed by atoms with Gasteiger partial charge >= 0.3 is 0 Å². The highest BCUT2D eigenvalue weighted by Crippen LogP contribution is 2.19. The van der Waals surface area contributed by atoms with Crippen LogP contribution in [0.1, 0.15) is 22.4 Å².